The van der Waals surface area contributed by atoms with Crippen LogP contribution in [0.2, 0.25) is 0 Å². The van der Waals surface area contributed by atoms with E-state index in [2.05, 4.69) is 5.32 Å². The maximum Gasteiger partial charge on any atom is 0.317 e. The average molecular weight is 240 g/mol. The number of urea groups is 1. The highest BCUT2D eigenvalue weighted by atomic mass is 16.4. The summed E-state index contributed by atoms with van der Waals surface area (Å²) < 4.78 is 0. The Morgan fingerprint density at radius 2 is 1.82 bits per heavy atom. The fourth-order valence-corrected chi connectivity index (χ4v) is 2.63. The number of carboxylic acid groups (broad SMARTS) is 1. The van der Waals surface area contributed by atoms with E-state index in [9.17, 15) is 9.59 Å². The molecule has 2 fully saturated rings. The first-order chi connectivity index (χ1) is 8.09. The fourth-order valence-electron chi connectivity index (χ4n) is 2.63. The Morgan fingerprint density at radius 3 is 2.35 bits per heavy atom. The van der Waals surface area contributed by atoms with Crippen LogP contribution in [0.1, 0.15) is 38.5 Å². The number of nitrogens with one attached hydrogen (secondary N) is 1. The third-order valence-corrected chi connectivity index (χ3v) is 4.08. The van der Waals surface area contributed by atoms with E-state index in [1.807, 2.05) is 0 Å². The Morgan fingerprint density at radius 1 is 1.18 bits per heavy atom. The standard InChI is InChI=1S/C12H20N2O3/c1-14(8-4-2-5-8)12(17)13-10-7-3-6-9(10)11(15)16/h8-10H,2-7H2,1H3,(H,13,17)(H,15,16). The van der Waals surface area contributed by atoms with E-state index in [1.54, 1.807) is 11.9 Å². The van der Waals surface area contributed by atoms with Crippen molar-refractivity contribution in [2.24, 2.45) is 5.92 Å². The molecular formula is C12H20N2O3. The highest BCUT2D eigenvalue weighted by Crippen LogP contribution is 2.27. The second-order valence-corrected chi connectivity index (χ2v) is 5.13. The Balaban J connectivity index is 1.86. The van der Waals surface area contributed by atoms with Gasteiger partial charge in [0.05, 0.1) is 5.92 Å². The van der Waals surface area contributed by atoms with Crippen molar-refractivity contribution < 1.29 is 14.7 Å². The molecule has 2 rings (SSSR count). The van der Waals surface area contributed by atoms with Crippen molar-refractivity contribution in [1.29, 1.82) is 0 Å². The SMILES string of the molecule is CN(C(=O)NC1CCCC1C(=O)O)C1CCC1. The lowest BCUT2D eigenvalue weighted by Gasteiger charge is -2.35. The predicted molar refractivity (Wildman–Crippen MR) is 62.7 cm³/mol. The van der Waals surface area contributed by atoms with Crippen molar-refractivity contribution in [2.75, 3.05) is 7.05 Å². The van der Waals surface area contributed by atoms with Crippen LogP contribution in [0.25, 0.3) is 0 Å². The molecule has 2 saturated carbocycles. The molecule has 5 heteroatoms. The molecule has 2 aliphatic rings. The summed E-state index contributed by atoms with van der Waals surface area (Å²) in [4.78, 5) is 24.6. The summed E-state index contributed by atoms with van der Waals surface area (Å²) in [6.07, 6.45) is 5.65. The zero-order chi connectivity index (χ0) is 12.4. The molecule has 96 valence electrons. The van der Waals surface area contributed by atoms with Crippen molar-refractivity contribution in [2.45, 2.75) is 50.6 Å². The van der Waals surface area contributed by atoms with E-state index in [0.717, 1.165) is 25.7 Å². The first kappa shape index (κ1) is 12.2. The number of carbonyl (C=O) groups is 2. The topological polar surface area (TPSA) is 69.6 Å². The zero-order valence-corrected chi connectivity index (χ0v) is 10.2. The van der Waals surface area contributed by atoms with Gasteiger partial charge in [-0.15, -0.1) is 0 Å². The number of hydrogen-bond donors (Lipinski definition) is 2. The molecule has 5 nitrogen and oxygen atoms in total. The van der Waals surface area contributed by atoms with Crippen molar-refractivity contribution in [3.05, 3.63) is 0 Å². The number of nitrogens with zero attached hydrogens (tertiary/aromatic N) is 1. The number of rotatable bonds is 3. The molecule has 2 atom stereocenters. The van der Waals surface area contributed by atoms with Crippen molar-refractivity contribution >= 4 is 12.0 Å². The van der Waals surface area contributed by atoms with Gasteiger partial charge in [-0.3, -0.25) is 4.79 Å². The van der Waals surface area contributed by atoms with E-state index in [4.69, 9.17) is 5.11 Å². The molecule has 2 N–H and O–H groups in total. The third-order valence-electron chi connectivity index (χ3n) is 4.08. The third kappa shape index (κ3) is 2.53. The molecule has 0 radical (unpaired) electrons. The normalized spacial score (nSPS) is 28.5. The summed E-state index contributed by atoms with van der Waals surface area (Å²) in [6.45, 7) is 0. The van der Waals surface area contributed by atoms with E-state index in [-0.39, 0.29) is 12.1 Å². The van der Waals surface area contributed by atoms with Crippen molar-refractivity contribution in [3.8, 4) is 0 Å². The van der Waals surface area contributed by atoms with Crippen LogP contribution in [0.4, 0.5) is 4.79 Å². The van der Waals surface area contributed by atoms with E-state index in [1.165, 1.54) is 6.42 Å². The minimum absolute atomic E-state index is 0.118. The van der Waals surface area contributed by atoms with Crippen LogP contribution in [-0.4, -0.2) is 41.1 Å². The molecule has 0 aromatic rings. The van der Waals surface area contributed by atoms with Crippen LogP contribution < -0.4 is 5.32 Å². The number of hydrogen-bond acceptors (Lipinski definition) is 2. The second kappa shape index (κ2) is 4.94. The molecule has 0 saturated heterocycles. The molecule has 0 spiro atoms. The monoisotopic (exact) mass is 240 g/mol. The molecule has 0 bridgehead atoms. The molecule has 0 heterocycles. The minimum atomic E-state index is -0.793. The van der Waals surface area contributed by atoms with Gasteiger partial charge in [0.1, 0.15) is 0 Å². The van der Waals surface area contributed by atoms with Gasteiger partial charge in [0.15, 0.2) is 0 Å². The van der Waals surface area contributed by atoms with Crippen LogP contribution in [0.5, 0.6) is 0 Å². The summed E-state index contributed by atoms with van der Waals surface area (Å²) in [5.41, 5.74) is 0. The average Bonchev–Trinajstić information content (AvgIpc) is 2.62. The van der Waals surface area contributed by atoms with Gasteiger partial charge in [-0.25, -0.2) is 4.79 Å². The van der Waals surface area contributed by atoms with E-state index in [0.29, 0.717) is 12.5 Å². The van der Waals surface area contributed by atoms with Gasteiger partial charge < -0.3 is 15.3 Å². The van der Waals surface area contributed by atoms with E-state index < -0.39 is 11.9 Å². The lowest BCUT2D eigenvalue weighted by Crippen LogP contribution is -2.50. The summed E-state index contributed by atoms with van der Waals surface area (Å²) in [6, 6.07) is 0.0371. The number of carboxylic acids is 1. The van der Waals surface area contributed by atoms with Crippen molar-refractivity contribution in [1.82, 2.24) is 10.2 Å². The van der Waals surface area contributed by atoms with Gasteiger partial charge in [-0.2, -0.15) is 0 Å². The Bertz CT molecular complexity index is 315. The lowest BCUT2D eigenvalue weighted by atomic mass is 9.92. The summed E-state index contributed by atoms with van der Waals surface area (Å²) in [5.74, 6) is -1.20. The quantitative estimate of drug-likeness (QED) is 0.784. The van der Waals surface area contributed by atoms with Crippen LogP contribution in [0.15, 0.2) is 0 Å². The van der Waals surface area contributed by atoms with Crippen LogP contribution in [-0.2, 0) is 4.79 Å². The molecule has 2 amide bonds. The van der Waals surface area contributed by atoms with Crippen LogP contribution in [0, 0.1) is 5.92 Å². The van der Waals surface area contributed by atoms with Gasteiger partial charge in [0, 0.05) is 19.1 Å². The molecule has 2 unspecified atom stereocenters. The number of amides is 2. The predicted octanol–water partition coefficient (Wildman–Crippen LogP) is 1.43. The molecule has 0 aromatic carbocycles. The number of carbonyl (C=O) groups excluding carboxylic acids is 1. The lowest BCUT2D eigenvalue weighted by molar-refractivity contribution is -0.142. The van der Waals surface area contributed by atoms with E-state index >= 15 is 0 Å². The minimum Gasteiger partial charge on any atom is -0.481 e. The highest BCUT2D eigenvalue weighted by Gasteiger charge is 2.35. The van der Waals surface area contributed by atoms with Gasteiger partial charge in [-0.05, 0) is 32.1 Å². The molecule has 0 aromatic heterocycles. The molecular weight excluding hydrogens is 220 g/mol. The zero-order valence-electron chi connectivity index (χ0n) is 10.2. The van der Waals surface area contributed by atoms with Gasteiger partial charge >= 0.3 is 12.0 Å². The smallest absolute Gasteiger partial charge is 0.317 e. The fraction of sp³-hybridized carbons (Fsp3) is 0.833. The molecule has 17 heavy (non-hydrogen) atoms. The Hall–Kier alpha value is -1.26. The van der Waals surface area contributed by atoms with Gasteiger partial charge in [0.25, 0.3) is 0 Å². The summed E-state index contributed by atoms with van der Waals surface area (Å²) >= 11 is 0. The first-order valence-corrected chi connectivity index (χ1v) is 6.35. The Kier molecular flexibility index (Phi) is 3.54. The number of aliphatic carboxylic acids is 1. The highest BCUT2D eigenvalue weighted by molar-refractivity contribution is 5.77. The second-order valence-electron chi connectivity index (χ2n) is 5.13. The van der Waals surface area contributed by atoms with Crippen LogP contribution in [0.3, 0.4) is 0 Å². The Labute approximate surface area is 101 Å². The van der Waals surface area contributed by atoms with Gasteiger partial charge in [-0.1, -0.05) is 6.42 Å². The van der Waals surface area contributed by atoms with Gasteiger partial charge in [0.2, 0.25) is 0 Å². The maximum atomic E-state index is 11.9. The van der Waals surface area contributed by atoms with Crippen molar-refractivity contribution in [3.63, 3.8) is 0 Å². The molecule has 2 aliphatic carbocycles. The maximum absolute atomic E-state index is 11.9. The molecule has 0 aliphatic heterocycles. The summed E-state index contributed by atoms with van der Waals surface area (Å²) in [7, 11) is 1.80. The summed E-state index contributed by atoms with van der Waals surface area (Å²) in [5, 5.41) is 11.9. The van der Waals surface area contributed by atoms with Crippen LogP contribution >= 0.6 is 0 Å². The first-order valence-electron chi connectivity index (χ1n) is 6.35. The largest absolute Gasteiger partial charge is 0.481 e.